The van der Waals surface area contributed by atoms with Crippen LogP contribution in [0.25, 0.3) is 0 Å². The third-order valence-electron chi connectivity index (χ3n) is 3.03. The van der Waals surface area contributed by atoms with Gasteiger partial charge in [0, 0.05) is 10.5 Å². The number of rotatable bonds is 4. The van der Waals surface area contributed by atoms with Crippen molar-refractivity contribution in [1.82, 2.24) is 5.43 Å². The lowest BCUT2D eigenvalue weighted by Crippen LogP contribution is -2.29. The van der Waals surface area contributed by atoms with Crippen molar-refractivity contribution in [2.24, 2.45) is 5.84 Å². The lowest BCUT2D eigenvalue weighted by Gasteiger charge is -2.17. The van der Waals surface area contributed by atoms with Crippen LogP contribution in [0.1, 0.15) is 22.7 Å². The topological polar surface area (TPSA) is 38.0 Å². The van der Waals surface area contributed by atoms with Crippen LogP contribution in [0, 0.1) is 18.6 Å². The van der Waals surface area contributed by atoms with Gasteiger partial charge >= 0.3 is 0 Å². The number of halogens is 3. The Morgan fingerprint density at radius 3 is 2.30 bits per heavy atom. The monoisotopic (exact) mass is 340 g/mol. The molecule has 0 radical (unpaired) electrons. The van der Waals surface area contributed by atoms with Gasteiger partial charge in [0.1, 0.15) is 11.6 Å². The molecule has 0 aromatic heterocycles. The van der Waals surface area contributed by atoms with E-state index in [0.717, 1.165) is 21.7 Å². The van der Waals surface area contributed by atoms with Crippen molar-refractivity contribution in [2.75, 3.05) is 0 Å². The third-order valence-corrected chi connectivity index (χ3v) is 3.49. The van der Waals surface area contributed by atoms with Gasteiger partial charge in [-0.25, -0.2) is 8.78 Å². The van der Waals surface area contributed by atoms with Gasteiger partial charge in [-0.05, 0) is 54.3 Å². The molecule has 0 saturated heterocycles. The molecule has 2 nitrogen and oxygen atoms in total. The Morgan fingerprint density at radius 1 is 1.10 bits per heavy atom. The number of nitrogens with two attached hydrogens (primary N) is 1. The molecule has 3 N–H and O–H groups in total. The SMILES string of the molecule is Cc1cc(Br)cc(C(Cc2cc(F)cc(F)c2)NN)c1. The summed E-state index contributed by atoms with van der Waals surface area (Å²) in [6, 6.07) is 9.19. The summed E-state index contributed by atoms with van der Waals surface area (Å²) in [5, 5.41) is 0. The van der Waals surface area contributed by atoms with E-state index in [9.17, 15) is 8.78 Å². The molecule has 0 aliphatic carbocycles. The molecule has 0 bridgehead atoms. The maximum atomic E-state index is 13.2. The number of hydrogen-bond donors (Lipinski definition) is 2. The lowest BCUT2D eigenvalue weighted by atomic mass is 9.98. The first-order valence-corrected chi connectivity index (χ1v) is 6.95. The Labute approximate surface area is 125 Å². The third kappa shape index (κ3) is 3.85. The molecular formula is C15H15BrF2N2. The van der Waals surface area contributed by atoms with Gasteiger partial charge in [0.25, 0.3) is 0 Å². The average molecular weight is 341 g/mol. The standard InChI is InChI=1S/C15H15BrF2N2/c1-9-2-11(7-12(16)3-9)15(20-19)6-10-4-13(17)8-14(18)5-10/h2-5,7-8,15,20H,6,19H2,1H3. The van der Waals surface area contributed by atoms with Gasteiger partial charge in [0.15, 0.2) is 0 Å². The highest BCUT2D eigenvalue weighted by Gasteiger charge is 2.13. The first-order chi connectivity index (χ1) is 9.47. The number of nitrogens with one attached hydrogen (secondary N) is 1. The second kappa shape index (κ2) is 6.43. The van der Waals surface area contributed by atoms with E-state index in [0.29, 0.717) is 12.0 Å². The van der Waals surface area contributed by atoms with Crippen molar-refractivity contribution < 1.29 is 8.78 Å². The minimum absolute atomic E-state index is 0.215. The Hall–Kier alpha value is -1.30. The van der Waals surface area contributed by atoms with E-state index in [1.807, 2.05) is 25.1 Å². The second-order valence-corrected chi connectivity index (χ2v) is 5.68. The van der Waals surface area contributed by atoms with Crippen LogP contribution in [-0.2, 0) is 6.42 Å². The number of hydrazine groups is 1. The summed E-state index contributed by atoms with van der Waals surface area (Å²) in [7, 11) is 0. The first kappa shape index (κ1) is 15.1. The van der Waals surface area contributed by atoms with Crippen LogP contribution < -0.4 is 11.3 Å². The number of benzene rings is 2. The smallest absolute Gasteiger partial charge is 0.126 e. The summed E-state index contributed by atoms with van der Waals surface area (Å²) >= 11 is 3.43. The Morgan fingerprint density at radius 2 is 1.75 bits per heavy atom. The summed E-state index contributed by atoms with van der Waals surface area (Å²) in [4.78, 5) is 0. The van der Waals surface area contributed by atoms with Gasteiger partial charge in [0.05, 0.1) is 6.04 Å². The number of hydrogen-bond acceptors (Lipinski definition) is 2. The maximum Gasteiger partial charge on any atom is 0.126 e. The van der Waals surface area contributed by atoms with E-state index in [4.69, 9.17) is 5.84 Å². The van der Waals surface area contributed by atoms with E-state index >= 15 is 0 Å². The zero-order valence-electron chi connectivity index (χ0n) is 11.0. The maximum absolute atomic E-state index is 13.2. The van der Waals surface area contributed by atoms with Crippen LogP contribution in [-0.4, -0.2) is 0 Å². The van der Waals surface area contributed by atoms with Crippen LogP contribution in [0.2, 0.25) is 0 Å². The highest BCUT2D eigenvalue weighted by atomic mass is 79.9. The normalized spacial score (nSPS) is 12.4. The zero-order chi connectivity index (χ0) is 14.7. The Kier molecular flexibility index (Phi) is 4.86. The van der Waals surface area contributed by atoms with Crippen molar-refractivity contribution >= 4 is 15.9 Å². The highest BCUT2D eigenvalue weighted by Crippen LogP contribution is 2.23. The highest BCUT2D eigenvalue weighted by molar-refractivity contribution is 9.10. The fourth-order valence-corrected chi connectivity index (χ4v) is 2.83. The van der Waals surface area contributed by atoms with Crippen molar-refractivity contribution in [2.45, 2.75) is 19.4 Å². The van der Waals surface area contributed by atoms with Crippen LogP contribution in [0.3, 0.4) is 0 Å². The van der Waals surface area contributed by atoms with E-state index < -0.39 is 11.6 Å². The predicted molar refractivity (Wildman–Crippen MR) is 79.0 cm³/mol. The molecule has 2 aromatic carbocycles. The van der Waals surface area contributed by atoms with E-state index in [2.05, 4.69) is 21.4 Å². The molecule has 0 saturated carbocycles. The summed E-state index contributed by atoms with van der Waals surface area (Å²) in [6.45, 7) is 1.98. The van der Waals surface area contributed by atoms with Crippen molar-refractivity contribution in [3.8, 4) is 0 Å². The number of aryl methyl sites for hydroxylation is 1. The molecule has 106 valence electrons. The average Bonchev–Trinajstić information content (AvgIpc) is 2.33. The summed E-state index contributed by atoms with van der Waals surface area (Å²) in [5.41, 5.74) is 5.30. The molecular weight excluding hydrogens is 326 g/mol. The van der Waals surface area contributed by atoms with Crippen molar-refractivity contribution in [1.29, 1.82) is 0 Å². The molecule has 0 aliphatic rings. The van der Waals surface area contributed by atoms with E-state index in [1.165, 1.54) is 12.1 Å². The molecule has 2 rings (SSSR count). The zero-order valence-corrected chi connectivity index (χ0v) is 12.5. The first-order valence-electron chi connectivity index (χ1n) is 6.16. The molecule has 2 aromatic rings. The molecule has 1 unspecified atom stereocenters. The second-order valence-electron chi connectivity index (χ2n) is 4.76. The van der Waals surface area contributed by atoms with Gasteiger partial charge in [-0.1, -0.05) is 22.0 Å². The van der Waals surface area contributed by atoms with Gasteiger partial charge < -0.3 is 0 Å². The predicted octanol–water partition coefficient (Wildman–Crippen LogP) is 3.78. The van der Waals surface area contributed by atoms with E-state index in [1.54, 1.807) is 0 Å². The van der Waals surface area contributed by atoms with E-state index in [-0.39, 0.29) is 6.04 Å². The Balaban J connectivity index is 2.28. The lowest BCUT2D eigenvalue weighted by molar-refractivity contribution is 0.540. The molecule has 20 heavy (non-hydrogen) atoms. The Bertz CT molecular complexity index is 576. The summed E-state index contributed by atoms with van der Waals surface area (Å²) in [5.74, 6) is 4.41. The molecule has 1 atom stereocenters. The molecule has 0 heterocycles. The fraction of sp³-hybridized carbons (Fsp3) is 0.200. The van der Waals surface area contributed by atoms with Crippen LogP contribution >= 0.6 is 15.9 Å². The van der Waals surface area contributed by atoms with Crippen LogP contribution in [0.5, 0.6) is 0 Å². The van der Waals surface area contributed by atoms with Crippen LogP contribution in [0.4, 0.5) is 8.78 Å². The molecule has 0 fully saturated rings. The van der Waals surface area contributed by atoms with Crippen molar-refractivity contribution in [3.63, 3.8) is 0 Å². The minimum Gasteiger partial charge on any atom is -0.271 e. The van der Waals surface area contributed by atoms with Crippen LogP contribution in [0.15, 0.2) is 40.9 Å². The van der Waals surface area contributed by atoms with Gasteiger partial charge in [-0.15, -0.1) is 0 Å². The molecule has 5 heteroatoms. The molecule has 0 spiro atoms. The van der Waals surface area contributed by atoms with Gasteiger partial charge in [-0.3, -0.25) is 11.3 Å². The molecule has 0 aliphatic heterocycles. The van der Waals surface area contributed by atoms with Crippen molar-refractivity contribution in [3.05, 3.63) is 69.2 Å². The largest absolute Gasteiger partial charge is 0.271 e. The van der Waals surface area contributed by atoms with Gasteiger partial charge in [-0.2, -0.15) is 0 Å². The summed E-state index contributed by atoms with van der Waals surface area (Å²) < 4.78 is 27.4. The fourth-order valence-electron chi connectivity index (χ4n) is 2.20. The molecule has 0 amide bonds. The van der Waals surface area contributed by atoms with Gasteiger partial charge in [0.2, 0.25) is 0 Å². The quantitative estimate of drug-likeness (QED) is 0.656. The summed E-state index contributed by atoms with van der Waals surface area (Å²) in [6.07, 6.45) is 0.404. The minimum atomic E-state index is -0.582.